The number of benzene rings is 1. The van der Waals surface area contributed by atoms with Crippen LogP contribution in [0.4, 0.5) is 14.9 Å². The van der Waals surface area contributed by atoms with Crippen molar-refractivity contribution in [3.05, 3.63) is 42.0 Å². The van der Waals surface area contributed by atoms with Gasteiger partial charge in [-0.2, -0.15) is 5.10 Å². The van der Waals surface area contributed by atoms with E-state index in [1.807, 2.05) is 20.8 Å². The van der Waals surface area contributed by atoms with Crippen molar-refractivity contribution in [3.63, 3.8) is 0 Å². The molecule has 23 heavy (non-hydrogen) atoms. The highest BCUT2D eigenvalue weighted by Gasteiger charge is 2.32. The second kappa shape index (κ2) is 5.68. The third-order valence-electron chi connectivity index (χ3n) is 3.46. The molecule has 2 aromatic rings. The predicted octanol–water partition coefficient (Wildman–Crippen LogP) is 4.24. The summed E-state index contributed by atoms with van der Waals surface area (Å²) in [4.78, 5) is 12.0. The van der Waals surface area contributed by atoms with Crippen LogP contribution >= 0.6 is 0 Å². The predicted molar refractivity (Wildman–Crippen MR) is 85.4 cm³/mol. The fourth-order valence-electron chi connectivity index (χ4n) is 2.43. The summed E-state index contributed by atoms with van der Waals surface area (Å²) in [7, 11) is 0. The third kappa shape index (κ3) is 3.70. The van der Waals surface area contributed by atoms with Crippen LogP contribution in [-0.2, 0) is 4.74 Å². The van der Waals surface area contributed by atoms with Gasteiger partial charge in [0.25, 0.3) is 0 Å². The number of carbonyl (C=O) groups is 1. The van der Waals surface area contributed by atoms with Crippen LogP contribution < -0.4 is 5.32 Å². The first-order chi connectivity index (χ1) is 10.8. The van der Waals surface area contributed by atoms with Crippen LogP contribution in [0.1, 0.15) is 45.2 Å². The van der Waals surface area contributed by atoms with Gasteiger partial charge in [0, 0.05) is 5.92 Å². The minimum Gasteiger partial charge on any atom is -0.444 e. The second-order valence-electron chi connectivity index (χ2n) is 6.74. The molecule has 1 fully saturated rings. The Morgan fingerprint density at radius 2 is 2.13 bits per heavy atom. The highest BCUT2D eigenvalue weighted by atomic mass is 19.1. The lowest BCUT2D eigenvalue weighted by molar-refractivity contribution is 0.0636. The zero-order valence-electron chi connectivity index (χ0n) is 13.5. The molecule has 0 aliphatic heterocycles. The van der Waals surface area contributed by atoms with Crippen molar-refractivity contribution >= 4 is 11.8 Å². The summed E-state index contributed by atoms with van der Waals surface area (Å²) in [6.07, 6.45) is 3.13. The Kier molecular flexibility index (Phi) is 3.83. The lowest BCUT2D eigenvalue weighted by atomic mass is 10.2. The number of carbonyl (C=O) groups excluding carboxylic acids is 1. The molecular formula is C17H20FN3O2. The van der Waals surface area contributed by atoms with Crippen LogP contribution in [-0.4, -0.2) is 21.5 Å². The summed E-state index contributed by atoms with van der Waals surface area (Å²) in [6, 6.07) is 6.25. The van der Waals surface area contributed by atoms with E-state index in [1.165, 1.54) is 12.1 Å². The average Bonchev–Trinajstić information content (AvgIpc) is 3.18. The Hall–Kier alpha value is -2.37. The summed E-state index contributed by atoms with van der Waals surface area (Å²) >= 11 is 0. The molecule has 5 nitrogen and oxygen atoms in total. The number of rotatable bonds is 3. The maximum absolute atomic E-state index is 13.5. The highest BCUT2D eigenvalue weighted by molar-refractivity contribution is 5.85. The summed E-state index contributed by atoms with van der Waals surface area (Å²) in [6.45, 7) is 5.43. The van der Waals surface area contributed by atoms with Gasteiger partial charge >= 0.3 is 6.09 Å². The van der Waals surface area contributed by atoms with E-state index in [9.17, 15) is 9.18 Å². The molecule has 1 N–H and O–H groups in total. The molecular weight excluding hydrogens is 297 g/mol. The second-order valence-corrected chi connectivity index (χ2v) is 6.74. The van der Waals surface area contributed by atoms with E-state index in [-0.39, 0.29) is 5.82 Å². The average molecular weight is 317 g/mol. The molecule has 1 saturated carbocycles. The SMILES string of the molecule is CC(C)(C)OC(=O)Nc1cnn(-c2cccc(F)c2)c1C1CC1. The Morgan fingerprint density at radius 3 is 2.74 bits per heavy atom. The van der Waals surface area contributed by atoms with Crippen LogP contribution in [0.15, 0.2) is 30.5 Å². The van der Waals surface area contributed by atoms with Crippen LogP contribution in [0.25, 0.3) is 5.69 Å². The topological polar surface area (TPSA) is 56.1 Å². The molecule has 1 aromatic heterocycles. The number of nitrogens with one attached hydrogen (secondary N) is 1. The molecule has 3 rings (SSSR count). The molecule has 1 aromatic carbocycles. The summed E-state index contributed by atoms with van der Waals surface area (Å²) in [5, 5.41) is 7.07. The summed E-state index contributed by atoms with van der Waals surface area (Å²) in [5.41, 5.74) is 1.58. The van der Waals surface area contributed by atoms with Crippen molar-refractivity contribution in [2.75, 3.05) is 5.32 Å². The molecule has 0 spiro atoms. The number of aromatic nitrogens is 2. The summed E-state index contributed by atoms with van der Waals surface area (Å²) < 4.78 is 20.4. The molecule has 1 amide bonds. The van der Waals surface area contributed by atoms with E-state index in [4.69, 9.17) is 4.74 Å². The summed E-state index contributed by atoms with van der Waals surface area (Å²) in [5.74, 6) is 0.00658. The van der Waals surface area contributed by atoms with Crippen LogP contribution in [0.3, 0.4) is 0 Å². The Bertz CT molecular complexity index is 730. The maximum atomic E-state index is 13.5. The van der Waals surface area contributed by atoms with Crippen molar-refractivity contribution in [2.45, 2.75) is 45.1 Å². The van der Waals surface area contributed by atoms with E-state index < -0.39 is 11.7 Å². The smallest absolute Gasteiger partial charge is 0.412 e. The van der Waals surface area contributed by atoms with Crippen molar-refractivity contribution in [1.82, 2.24) is 9.78 Å². The van der Waals surface area contributed by atoms with Gasteiger partial charge in [-0.15, -0.1) is 0 Å². The number of hydrogen-bond donors (Lipinski definition) is 1. The molecule has 0 atom stereocenters. The third-order valence-corrected chi connectivity index (χ3v) is 3.46. The van der Waals surface area contributed by atoms with Gasteiger partial charge in [0.05, 0.1) is 23.3 Å². The molecule has 0 saturated heterocycles. The number of anilines is 1. The minimum absolute atomic E-state index is 0.318. The van der Waals surface area contributed by atoms with E-state index in [0.29, 0.717) is 17.3 Å². The van der Waals surface area contributed by atoms with Crippen molar-refractivity contribution in [2.24, 2.45) is 0 Å². The lowest BCUT2D eigenvalue weighted by Gasteiger charge is -2.19. The first-order valence-corrected chi connectivity index (χ1v) is 7.67. The van der Waals surface area contributed by atoms with Crippen molar-refractivity contribution in [3.8, 4) is 5.69 Å². The van der Waals surface area contributed by atoms with Gasteiger partial charge in [0.2, 0.25) is 0 Å². The lowest BCUT2D eigenvalue weighted by Crippen LogP contribution is -2.27. The Balaban J connectivity index is 1.89. The number of amides is 1. The molecule has 0 bridgehead atoms. The van der Waals surface area contributed by atoms with Gasteiger partial charge in [-0.3, -0.25) is 5.32 Å². The van der Waals surface area contributed by atoms with Crippen molar-refractivity contribution < 1.29 is 13.9 Å². The largest absolute Gasteiger partial charge is 0.444 e. The molecule has 0 radical (unpaired) electrons. The molecule has 1 aliphatic carbocycles. The van der Waals surface area contributed by atoms with Gasteiger partial charge < -0.3 is 4.74 Å². The monoisotopic (exact) mass is 317 g/mol. The van der Waals surface area contributed by atoms with Gasteiger partial charge in [-0.05, 0) is 51.8 Å². The standard InChI is InChI=1S/C17H20FN3O2/c1-17(2,3)23-16(22)20-14-10-19-21(15(14)11-7-8-11)13-6-4-5-12(18)9-13/h4-6,9-11H,7-8H2,1-3H3,(H,20,22). The molecule has 0 unspecified atom stereocenters. The number of ether oxygens (including phenoxy) is 1. The van der Waals surface area contributed by atoms with Crippen LogP contribution in [0.5, 0.6) is 0 Å². The molecule has 6 heteroatoms. The van der Waals surface area contributed by atoms with Gasteiger partial charge in [-0.1, -0.05) is 6.07 Å². The Labute approximate surface area is 134 Å². The van der Waals surface area contributed by atoms with Crippen molar-refractivity contribution in [1.29, 1.82) is 0 Å². The molecule has 122 valence electrons. The first-order valence-electron chi connectivity index (χ1n) is 7.67. The zero-order chi connectivity index (χ0) is 16.6. The quantitative estimate of drug-likeness (QED) is 0.921. The van der Waals surface area contributed by atoms with E-state index in [2.05, 4.69) is 10.4 Å². The van der Waals surface area contributed by atoms with Gasteiger partial charge in [0.1, 0.15) is 11.4 Å². The van der Waals surface area contributed by atoms with E-state index in [1.54, 1.807) is 23.0 Å². The minimum atomic E-state index is -0.567. The van der Waals surface area contributed by atoms with Crippen LogP contribution in [0.2, 0.25) is 0 Å². The Morgan fingerprint density at radius 1 is 1.39 bits per heavy atom. The molecule has 1 aliphatic rings. The zero-order valence-corrected chi connectivity index (χ0v) is 13.5. The number of hydrogen-bond acceptors (Lipinski definition) is 3. The highest BCUT2D eigenvalue weighted by Crippen LogP contribution is 2.44. The normalized spacial score (nSPS) is 14.6. The van der Waals surface area contributed by atoms with Gasteiger partial charge in [-0.25, -0.2) is 13.9 Å². The number of nitrogens with zero attached hydrogens (tertiary/aromatic N) is 2. The molecule has 1 heterocycles. The maximum Gasteiger partial charge on any atom is 0.412 e. The van der Waals surface area contributed by atoms with Crippen LogP contribution in [0, 0.1) is 5.82 Å². The fraction of sp³-hybridized carbons (Fsp3) is 0.412. The fourth-order valence-corrected chi connectivity index (χ4v) is 2.43. The van der Waals surface area contributed by atoms with Gasteiger partial charge in [0.15, 0.2) is 0 Å². The number of halogens is 1. The van der Waals surface area contributed by atoms with E-state index in [0.717, 1.165) is 18.5 Å². The first kappa shape index (κ1) is 15.5. The van der Waals surface area contributed by atoms with E-state index >= 15 is 0 Å².